The highest BCUT2D eigenvalue weighted by molar-refractivity contribution is 5.93. The highest BCUT2D eigenvalue weighted by Gasteiger charge is 2.44. The van der Waals surface area contributed by atoms with E-state index in [1.54, 1.807) is 0 Å². The number of aromatic nitrogens is 1. The van der Waals surface area contributed by atoms with Gasteiger partial charge in [0.25, 0.3) is 0 Å². The maximum Gasteiger partial charge on any atom is 0.493 e. The number of para-hydroxylation sites is 1. The number of aryl methyl sites for hydroxylation is 1. The Kier molecular flexibility index (Phi) is 7.46. The highest BCUT2D eigenvalue weighted by atomic mass is 19.4. The molecule has 196 valence electrons. The Balaban J connectivity index is 1.40. The number of alkyl halides is 3. The summed E-state index contributed by atoms with van der Waals surface area (Å²) < 4.78 is 65.5. The van der Waals surface area contributed by atoms with Gasteiger partial charge >= 0.3 is 18.2 Å². The highest BCUT2D eigenvalue weighted by Crippen LogP contribution is 2.27. The van der Waals surface area contributed by atoms with Crippen LogP contribution in [0.5, 0.6) is 0 Å². The fourth-order valence-corrected chi connectivity index (χ4v) is 4.25. The summed E-state index contributed by atoms with van der Waals surface area (Å²) in [5.74, 6) is -4.33. The van der Waals surface area contributed by atoms with Crippen LogP contribution < -0.4 is 15.7 Å². The van der Waals surface area contributed by atoms with E-state index in [4.69, 9.17) is 0 Å². The largest absolute Gasteiger partial charge is 0.493 e. The Morgan fingerprint density at radius 3 is 2.24 bits per heavy atom. The Bertz CT molecular complexity index is 1290. The zero-order chi connectivity index (χ0) is 26.7. The fourth-order valence-electron chi connectivity index (χ4n) is 4.25. The molecule has 7 nitrogen and oxygen atoms in total. The summed E-state index contributed by atoms with van der Waals surface area (Å²) in [6.45, 7) is 1.99. The number of pyridine rings is 1. The van der Waals surface area contributed by atoms with E-state index in [1.807, 2.05) is 37.3 Å². The first-order valence-electron chi connectivity index (χ1n) is 11.5. The molecule has 1 aliphatic rings. The molecule has 37 heavy (non-hydrogen) atoms. The van der Waals surface area contributed by atoms with Crippen molar-refractivity contribution in [3.8, 4) is 0 Å². The molecular weight excluding hydrogens is 499 g/mol. The lowest BCUT2D eigenvalue weighted by atomic mass is 9.91. The number of fused-ring (bicyclic) bond motifs is 1. The number of nitrogens with one attached hydrogen (secondary N) is 2. The second-order valence-corrected chi connectivity index (χ2v) is 8.78. The van der Waals surface area contributed by atoms with E-state index in [0.717, 1.165) is 16.5 Å². The number of urea groups is 1. The van der Waals surface area contributed by atoms with Crippen molar-refractivity contribution in [2.24, 2.45) is 0 Å². The Morgan fingerprint density at radius 1 is 0.973 bits per heavy atom. The zero-order valence-electron chi connectivity index (χ0n) is 19.6. The smallest absolute Gasteiger partial charge is 0.367 e. The van der Waals surface area contributed by atoms with Gasteiger partial charge in [-0.1, -0.05) is 18.2 Å². The van der Waals surface area contributed by atoms with E-state index in [2.05, 4.69) is 20.5 Å². The van der Waals surface area contributed by atoms with Crippen molar-refractivity contribution in [1.29, 1.82) is 0 Å². The van der Waals surface area contributed by atoms with Crippen molar-refractivity contribution in [1.82, 2.24) is 10.3 Å². The van der Waals surface area contributed by atoms with Gasteiger partial charge in [-0.05, 0) is 50.3 Å². The third kappa shape index (κ3) is 6.43. The normalized spacial score (nSPS) is 17.8. The third-order valence-corrected chi connectivity index (χ3v) is 6.00. The summed E-state index contributed by atoms with van der Waals surface area (Å²) in [4.78, 5) is 32.9. The number of halogens is 5. The first kappa shape index (κ1) is 26.1. The summed E-state index contributed by atoms with van der Waals surface area (Å²) in [5, 5.41) is 6.82. The molecule has 1 heterocycles. The van der Waals surface area contributed by atoms with Gasteiger partial charge in [-0.15, -0.1) is 5.06 Å². The summed E-state index contributed by atoms with van der Waals surface area (Å²) in [6.07, 6.45) is -3.31. The molecule has 0 unspecified atom stereocenters. The van der Waals surface area contributed by atoms with Crippen LogP contribution in [0.25, 0.3) is 10.9 Å². The molecule has 12 heteroatoms. The maximum absolute atomic E-state index is 13.6. The first-order valence-corrected chi connectivity index (χ1v) is 11.5. The van der Waals surface area contributed by atoms with Crippen LogP contribution in [0, 0.1) is 18.6 Å². The number of rotatable bonds is 4. The van der Waals surface area contributed by atoms with Crippen molar-refractivity contribution in [2.45, 2.75) is 50.9 Å². The van der Waals surface area contributed by atoms with Gasteiger partial charge in [0.1, 0.15) is 17.5 Å². The molecule has 0 spiro atoms. The lowest BCUT2D eigenvalue weighted by Crippen LogP contribution is -2.49. The van der Waals surface area contributed by atoms with Crippen LogP contribution in [0.15, 0.2) is 48.5 Å². The van der Waals surface area contributed by atoms with Crippen LogP contribution >= 0.6 is 0 Å². The molecular formula is C25H23F5N4O3. The monoisotopic (exact) mass is 522 g/mol. The molecule has 2 aromatic carbocycles. The standard InChI is InChI=1S/C25H23F5N4O3/c1-14-10-22(33-21-5-3-2-4-20(14)21)31-17-6-8-18(9-7-17)32-24(36)34(37-23(35)25(28,29)30)19-12-15(26)11-16(27)13-19/h2-5,10-13,17-18H,6-9H2,1H3,(H,31,33)(H,32,36). The van der Waals surface area contributed by atoms with Crippen molar-refractivity contribution in [2.75, 3.05) is 10.4 Å². The predicted octanol–water partition coefficient (Wildman–Crippen LogP) is 5.78. The molecule has 0 radical (unpaired) electrons. The molecule has 2 N–H and O–H groups in total. The maximum atomic E-state index is 13.6. The molecule has 0 bridgehead atoms. The van der Waals surface area contributed by atoms with Gasteiger partial charge in [0.15, 0.2) is 0 Å². The molecule has 1 aromatic heterocycles. The van der Waals surface area contributed by atoms with Gasteiger partial charge < -0.3 is 15.5 Å². The molecule has 2 amide bonds. The van der Waals surface area contributed by atoms with Crippen LogP contribution in [0.3, 0.4) is 0 Å². The van der Waals surface area contributed by atoms with E-state index in [1.165, 1.54) is 0 Å². The number of benzene rings is 2. The minimum Gasteiger partial charge on any atom is -0.367 e. The molecule has 0 aliphatic heterocycles. The lowest BCUT2D eigenvalue weighted by molar-refractivity contribution is -0.199. The Labute approximate surface area is 208 Å². The quantitative estimate of drug-likeness (QED) is 0.335. The third-order valence-electron chi connectivity index (χ3n) is 6.00. The van der Waals surface area contributed by atoms with E-state index in [9.17, 15) is 31.5 Å². The molecule has 0 atom stereocenters. The predicted molar refractivity (Wildman–Crippen MR) is 126 cm³/mol. The van der Waals surface area contributed by atoms with Crippen molar-refractivity contribution in [3.63, 3.8) is 0 Å². The van der Waals surface area contributed by atoms with E-state index >= 15 is 0 Å². The van der Waals surface area contributed by atoms with Crippen LogP contribution in [-0.4, -0.2) is 35.2 Å². The number of carbonyl (C=O) groups is 2. The van der Waals surface area contributed by atoms with Crippen molar-refractivity contribution in [3.05, 3.63) is 65.7 Å². The SMILES string of the molecule is Cc1cc(NC2CCC(NC(=O)N(OC(=O)C(F)(F)F)c3cc(F)cc(F)c3)CC2)nc2ccccc12. The number of amides is 2. The van der Waals surface area contributed by atoms with Crippen molar-refractivity contribution < 1.29 is 36.4 Å². The molecule has 4 rings (SSSR count). The molecule has 1 fully saturated rings. The van der Waals surface area contributed by atoms with Gasteiger partial charge in [-0.25, -0.2) is 23.4 Å². The van der Waals surface area contributed by atoms with Crippen LogP contribution in [0.4, 0.5) is 38.3 Å². The summed E-state index contributed by atoms with van der Waals surface area (Å²) in [6, 6.07) is 9.62. The number of carbonyl (C=O) groups excluding carboxylic acids is 2. The number of nitrogens with zero attached hydrogens (tertiary/aromatic N) is 2. The van der Waals surface area contributed by atoms with Gasteiger partial charge in [0.05, 0.1) is 11.2 Å². The molecule has 3 aromatic rings. The minimum atomic E-state index is -5.43. The average Bonchev–Trinajstić information content (AvgIpc) is 2.82. The molecule has 0 saturated heterocycles. The first-order chi connectivity index (χ1) is 17.5. The van der Waals surface area contributed by atoms with Crippen LogP contribution in [0.1, 0.15) is 31.2 Å². The van der Waals surface area contributed by atoms with Crippen LogP contribution in [0.2, 0.25) is 0 Å². The van der Waals surface area contributed by atoms with Crippen LogP contribution in [-0.2, 0) is 9.63 Å². The second-order valence-electron chi connectivity index (χ2n) is 8.78. The van der Waals surface area contributed by atoms with E-state index < -0.39 is 41.5 Å². The van der Waals surface area contributed by atoms with Gasteiger partial charge in [-0.3, -0.25) is 0 Å². The van der Waals surface area contributed by atoms with E-state index in [-0.39, 0.29) is 11.1 Å². The number of hydrogen-bond acceptors (Lipinski definition) is 5. The summed E-state index contributed by atoms with van der Waals surface area (Å²) in [7, 11) is 0. The fraction of sp³-hybridized carbons (Fsp3) is 0.320. The summed E-state index contributed by atoms with van der Waals surface area (Å²) >= 11 is 0. The minimum absolute atomic E-state index is 0.0395. The number of anilines is 2. The number of hydrogen-bond donors (Lipinski definition) is 2. The van der Waals surface area contributed by atoms with Gasteiger partial charge in [-0.2, -0.15) is 13.2 Å². The van der Waals surface area contributed by atoms with Crippen molar-refractivity contribution >= 4 is 34.4 Å². The zero-order valence-corrected chi connectivity index (χ0v) is 19.6. The average molecular weight is 522 g/mol. The number of hydroxylamine groups is 1. The van der Waals surface area contributed by atoms with E-state index in [0.29, 0.717) is 49.7 Å². The molecule has 1 aliphatic carbocycles. The molecule has 1 saturated carbocycles. The lowest BCUT2D eigenvalue weighted by Gasteiger charge is -2.31. The van der Waals surface area contributed by atoms with Gasteiger partial charge in [0.2, 0.25) is 0 Å². The summed E-state index contributed by atoms with van der Waals surface area (Å²) in [5.41, 5.74) is 1.21. The topological polar surface area (TPSA) is 83.6 Å². The Morgan fingerprint density at radius 2 is 1.59 bits per heavy atom. The Hall–Kier alpha value is -3.96. The second kappa shape index (κ2) is 10.6. The van der Waals surface area contributed by atoms with Gasteiger partial charge in [0, 0.05) is 35.7 Å².